The average molecular weight is 243 g/mol. The number of aryl methyl sites for hydroxylation is 1. The molecule has 5 heteroatoms. The molecule has 1 heterocycles. The SMILES string of the molecule is CC(=O)c1cc(N)ccc1Oc1nccnc1C. The van der Waals surface area contributed by atoms with Crippen LogP contribution in [0, 0.1) is 6.92 Å². The van der Waals surface area contributed by atoms with Crippen molar-refractivity contribution in [1.29, 1.82) is 0 Å². The molecule has 0 radical (unpaired) electrons. The van der Waals surface area contributed by atoms with Gasteiger partial charge in [0.1, 0.15) is 5.75 Å². The molecule has 1 aromatic heterocycles. The Morgan fingerprint density at radius 1 is 1.28 bits per heavy atom. The van der Waals surface area contributed by atoms with Gasteiger partial charge in [0.05, 0.1) is 11.3 Å². The number of carbonyl (C=O) groups excluding carboxylic acids is 1. The quantitative estimate of drug-likeness (QED) is 0.661. The van der Waals surface area contributed by atoms with E-state index in [1.807, 2.05) is 0 Å². The zero-order valence-electron chi connectivity index (χ0n) is 10.2. The van der Waals surface area contributed by atoms with Gasteiger partial charge in [-0.05, 0) is 32.0 Å². The van der Waals surface area contributed by atoms with Gasteiger partial charge in [-0.25, -0.2) is 4.98 Å². The third kappa shape index (κ3) is 2.45. The number of carbonyl (C=O) groups is 1. The van der Waals surface area contributed by atoms with Crippen LogP contribution >= 0.6 is 0 Å². The van der Waals surface area contributed by atoms with Crippen LogP contribution in [0.2, 0.25) is 0 Å². The van der Waals surface area contributed by atoms with Crippen LogP contribution in [0.3, 0.4) is 0 Å². The molecule has 0 aliphatic carbocycles. The Labute approximate surface area is 105 Å². The van der Waals surface area contributed by atoms with Crippen LogP contribution in [0.5, 0.6) is 11.6 Å². The number of aromatic nitrogens is 2. The van der Waals surface area contributed by atoms with Gasteiger partial charge in [-0.2, -0.15) is 0 Å². The van der Waals surface area contributed by atoms with Crippen LogP contribution in [0.4, 0.5) is 5.69 Å². The number of hydrogen-bond donors (Lipinski definition) is 1. The fraction of sp³-hybridized carbons (Fsp3) is 0.154. The van der Waals surface area contributed by atoms with Crippen molar-refractivity contribution >= 4 is 11.5 Å². The summed E-state index contributed by atoms with van der Waals surface area (Å²) in [6, 6.07) is 4.91. The first-order valence-corrected chi connectivity index (χ1v) is 5.44. The van der Waals surface area contributed by atoms with Gasteiger partial charge in [0, 0.05) is 18.1 Å². The van der Waals surface area contributed by atoms with E-state index in [4.69, 9.17) is 10.5 Å². The van der Waals surface area contributed by atoms with Crippen molar-refractivity contribution in [2.24, 2.45) is 0 Å². The normalized spacial score (nSPS) is 10.1. The smallest absolute Gasteiger partial charge is 0.240 e. The summed E-state index contributed by atoms with van der Waals surface area (Å²) in [7, 11) is 0. The maximum absolute atomic E-state index is 11.5. The summed E-state index contributed by atoms with van der Waals surface area (Å²) in [5.41, 5.74) is 7.26. The minimum atomic E-state index is -0.112. The summed E-state index contributed by atoms with van der Waals surface area (Å²) in [4.78, 5) is 19.7. The molecule has 0 spiro atoms. The van der Waals surface area contributed by atoms with Crippen LogP contribution < -0.4 is 10.5 Å². The Morgan fingerprint density at radius 3 is 2.67 bits per heavy atom. The summed E-state index contributed by atoms with van der Waals surface area (Å²) in [6.45, 7) is 3.25. The molecule has 0 unspecified atom stereocenters. The van der Waals surface area contributed by atoms with Crippen LogP contribution in [0.1, 0.15) is 23.0 Å². The van der Waals surface area contributed by atoms with E-state index in [0.717, 1.165) is 0 Å². The average Bonchev–Trinajstić information content (AvgIpc) is 2.34. The first-order valence-electron chi connectivity index (χ1n) is 5.44. The molecule has 0 saturated heterocycles. The molecule has 1 aromatic carbocycles. The molecule has 0 fully saturated rings. The van der Waals surface area contributed by atoms with E-state index < -0.39 is 0 Å². The molecule has 0 atom stereocenters. The number of nitrogen functional groups attached to an aromatic ring is 1. The Bertz CT molecular complexity index is 597. The lowest BCUT2D eigenvalue weighted by molar-refractivity contribution is 0.101. The summed E-state index contributed by atoms with van der Waals surface area (Å²) < 4.78 is 5.61. The maximum Gasteiger partial charge on any atom is 0.240 e. The summed E-state index contributed by atoms with van der Waals surface area (Å²) in [5, 5.41) is 0. The molecule has 0 aliphatic heterocycles. The van der Waals surface area contributed by atoms with Gasteiger partial charge >= 0.3 is 0 Å². The van der Waals surface area contributed by atoms with Gasteiger partial charge in [-0.1, -0.05) is 0 Å². The topological polar surface area (TPSA) is 78.1 Å². The van der Waals surface area contributed by atoms with Crippen molar-refractivity contribution in [2.45, 2.75) is 13.8 Å². The van der Waals surface area contributed by atoms with E-state index in [1.54, 1.807) is 31.3 Å². The summed E-state index contributed by atoms with van der Waals surface area (Å²) in [6.07, 6.45) is 3.12. The number of anilines is 1. The maximum atomic E-state index is 11.5. The number of rotatable bonds is 3. The third-order valence-corrected chi connectivity index (χ3v) is 2.43. The van der Waals surface area contributed by atoms with Gasteiger partial charge in [0.25, 0.3) is 0 Å². The van der Waals surface area contributed by atoms with Crippen molar-refractivity contribution in [3.05, 3.63) is 41.9 Å². The molecule has 2 aromatic rings. The van der Waals surface area contributed by atoms with Crippen LogP contribution in [-0.4, -0.2) is 15.8 Å². The van der Waals surface area contributed by atoms with Crippen molar-refractivity contribution in [3.63, 3.8) is 0 Å². The number of Topliss-reactive ketones (excluding diaryl/α,β-unsaturated/α-hetero) is 1. The second kappa shape index (κ2) is 4.83. The second-order valence-corrected chi connectivity index (χ2v) is 3.86. The number of ether oxygens (including phenoxy) is 1. The Morgan fingerprint density at radius 2 is 2.00 bits per heavy atom. The van der Waals surface area contributed by atoms with Crippen LogP contribution in [0.25, 0.3) is 0 Å². The van der Waals surface area contributed by atoms with E-state index in [-0.39, 0.29) is 5.78 Å². The summed E-state index contributed by atoms with van der Waals surface area (Å²) in [5.74, 6) is 0.698. The largest absolute Gasteiger partial charge is 0.437 e. The lowest BCUT2D eigenvalue weighted by Gasteiger charge is -2.10. The third-order valence-electron chi connectivity index (χ3n) is 2.43. The molecular formula is C13H13N3O2. The number of hydrogen-bond acceptors (Lipinski definition) is 5. The number of nitrogens with zero attached hydrogens (tertiary/aromatic N) is 2. The van der Waals surface area contributed by atoms with Gasteiger partial charge < -0.3 is 10.5 Å². The van der Waals surface area contributed by atoms with E-state index in [0.29, 0.717) is 28.6 Å². The zero-order chi connectivity index (χ0) is 13.1. The van der Waals surface area contributed by atoms with Gasteiger partial charge in [-0.15, -0.1) is 0 Å². The zero-order valence-corrected chi connectivity index (χ0v) is 10.2. The van der Waals surface area contributed by atoms with Crippen molar-refractivity contribution < 1.29 is 9.53 Å². The molecule has 0 bridgehead atoms. The summed E-state index contributed by atoms with van der Waals surface area (Å²) >= 11 is 0. The number of ketones is 1. The Hall–Kier alpha value is -2.43. The molecular weight excluding hydrogens is 230 g/mol. The molecule has 92 valence electrons. The molecule has 0 amide bonds. The van der Waals surface area contributed by atoms with Crippen LogP contribution in [-0.2, 0) is 0 Å². The molecule has 18 heavy (non-hydrogen) atoms. The highest BCUT2D eigenvalue weighted by molar-refractivity contribution is 5.97. The number of nitrogens with two attached hydrogens (primary N) is 1. The minimum absolute atomic E-state index is 0.112. The predicted octanol–water partition coefficient (Wildman–Crippen LogP) is 2.36. The van der Waals surface area contributed by atoms with E-state index in [1.165, 1.54) is 13.1 Å². The highest BCUT2D eigenvalue weighted by atomic mass is 16.5. The van der Waals surface area contributed by atoms with E-state index in [2.05, 4.69) is 9.97 Å². The lowest BCUT2D eigenvalue weighted by Crippen LogP contribution is -2.01. The first-order chi connectivity index (χ1) is 8.58. The highest BCUT2D eigenvalue weighted by Gasteiger charge is 2.11. The Balaban J connectivity index is 2.41. The lowest BCUT2D eigenvalue weighted by atomic mass is 10.1. The van der Waals surface area contributed by atoms with E-state index in [9.17, 15) is 4.79 Å². The van der Waals surface area contributed by atoms with Crippen LogP contribution in [0.15, 0.2) is 30.6 Å². The molecule has 2 N–H and O–H groups in total. The fourth-order valence-electron chi connectivity index (χ4n) is 1.51. The standard InChI is InChI=1S/C13H13N3O2/c1-8-13(16-6-5-15-8)18-12-4-3-10(14)7-11(12)9(2)17/h3-7H,14H2,1-2H3. The first kappa shape index (κ1) is 12.0. The predicted molar refractivity (Wildman–Crippen MR) is 67.7 cm³/mol. The van der Waals surface area contributed by atoms with Crippen molar-refractivity contribution in [2.75, 3.05) is 5.73 Å². The molecule has 0 aliphatic rings. The van der Waals surface area contributed by atoms with Crippen molar-refractivity contribution in [1.82, 2.24) is 9.97 Å². The van der Waals surface area contributed by atoms with Gasteiger partial charge in [0.2, 0.25) is 5.88 Å². The molecule has 2 rings (SSSR count). The highest BCUT2D eigenvalue weighted by Crippen LogP contribution is 2.27. The van der Waals surface area contributed by atoms with Gasteiger partial charge in [0.15, 0.2) is 5.78 Å². The van der Waals surface area contributed by atoms with E-state index >= 15 is 0 Å². The second-order valence-electron chi connectivity index (χ2n) is 3.86. The fourth-order valence-corrected chi connectivity index (χ4v) is 1.51. The molecule has 0 saturated carbocycles. The van der Waals surface area contributed by atoms with Gasteiger partial charge in [-0.3, -0.25) is 9.78 Å². The molecule has 5 nitrogen and oxygen atoms in total. The number of benzene rings is 1. The Kier molecular flexibility index (Phi) is 3.23. The van der Waals surface area contributed by atoms with Crippen molar-refractivity contribution in [3.8, 4) is 11.6 Å². The monoisotopic (exact) mass is 243 g/mol. The minimum Gasteiger partial charge on any atom is -0.437 e.